The first-order chi connectivity index (χ1) is 8.62. The van der Waals surface area contributed by atoms with E-state index in [1.807, 2.05) is 10.8 Å². The van der Waals surface area contributed by atoms with E-state index in [-0.39, 0.29) is 18.3 Å². The highest BCUT2D eigenvalue weighted by molar-refractivity contribution is 7.91. The van der Waals surface area contributed by atoms with E-state index in [4.69, 9.17) is 0 Å². The van der Waals surface area contributed by atoms with E-state index in [1.54, 1.807) is 0 Å². The molecule has 6 heteroatoms. The lowest BCUT2D eigenvalue weighted by Gasteiger charge is -2.21. The Kier molecular flexibility index (Phi) is 2.94. The normalized spacial score (nSPS) is 30.3. The minimum absolute atomic E-state index is 0.0663. The number of hydrogen-bond donors (Lipinski definition) is 1. The molecule has 2 atom stereocenters. The molecule has 5 nitrogen and oxygen atoms in total. The van der Waals surface area contributed by atoms with Crippen molar-refractivity contribution >= 4 is 9.84 Å². The van der Waals surface area contributed by atoms with Crippen LogP contribution in [0.5, 0.6) is 0 Å². The van der Waals surface area contributed by atoms with Gasteiger partial charge in [-0.15, -0.1) is 0 Å². The number of aliphatic hydroxyl groups excluding tert-OH is 1. The summed E-state index contributed by atoms with van der Waals surface area (Å²) < 4.78 is 25.9. The summed E-state index contributed by atoms with van der Waals surface area (Å²) in [6, 6.07) is 0. The van der Waals surface area contributed by atoms with Crippen LogP contribution in [0.1, 0.15) is 48.4 Å². The van der Waals surface area contributed by atoms with E-state index in [1.165, 1.54) is 0 Å². The number of aromatic nitrogens is 2. The van der Waals surface area contributed by atoms with Crippen LogP contribution in [-0.2, 0) is 16.4 Å². The van der Waals surface area contributed by atoms with Gasteiger partial charge in [-0.05, 0) is 25.7 Å². The maximum Gasteiger partial charge on any atom is 0.158 e. The van der Waals surface area contributed by atoms with E-state index in [0.29, 0.717) is 12.1 Å². The first kappa shape index (κ1) is 12.2. The van der Waals surface area contributed by atoms with Crippen LogP contribution in [0.15, 0.2) is 6.20 Å². The third-order valence-electron chi connectivity index (χ3n) is 4.02. The number of fused-ring (bicyclic) bond motifs is 1. The molecule has 1 aromatic heterocycles. The molecule has 2 unspecified atom stereocenters. The summed E-state index contributed by atoms with van der Waals surface area (Å²) in [7, 11) is -3.00. The molecule has 1 saturated heterocycles. The molecule has 0 saturated carbocycles. The maximum atomic E-state index is 11.9. The van der Waals surface area contributed by atoms with Crippen molar-refractivity contribution in [3.05, 3.63) is 17.7 Å². The van der Waals surface area contributed by atoms with Crippen LogP contribution in [0.4, 0.5) is 0 Å². The molecule has 0 radical (unpaired) electrons. The summed E-state index contributed by atoms with van der Waals surface area (Å²) in [6.45, 7) is 0.972. The predicted molar refractivity (Wildman–Crippen MR) is 67.0 cm³/mol. The molecule has 18 heavy (non-hydrogen) atoms. The molecule has 2 aliphatic rings. The molecule has 0 aromatic carbocycles. The zero-order chi connectivity index (χ0) is 12.8. The highest BCUT2D eigenvalue weighted by atomic mass is 32.2. The van der Waals surface area contributed by atoms with Crippen LogP contribution < -0.4 is 0 Å². The Bertz CT molecular complexity index is 550. The number of nitrogens with zero attached hydrogens (tertiary/aromatic N) is 2. The van der Waals surface area contributed by atoms with Crippen molar-refractivity contribution in [3.63, 3.8) is 0 Å². The SMILES string of the molecule is O=S1(=O)CCCC1c1cn2c(n1)C(CO)CCC2. The first-order valence-electron chi connectivity index (χ1n) is 6.51. The molecular weight excluding hydrogens is 252 g/mol. The number of hydrogen-bond acceptors (Lipinski definition) is 4. The lowest BCUT2D eigenvalue weighted by molar-refractivity contribution is 0.238. The van der Waals surface area contributed by atoms with Crippen molar-refractivity contribution in [1.29, 1.82) is 0 Å². The summed E-state index contributed by atoms with van der Waals surface area (Å²) in [6.07, 6.45) is 5.25. The fourth-order valence-electron chi connectivity index (χ4n) is 3.04. The van der Waals surface area contributed by atoms with E-state index < -0.39 is 15.1 Å². The van der Waals surface area contributed by atoms with Crippen LogP contribution in [-0.4, -0.2) is 35.4 Å². The van der Waals surface area contributed by atoms with Gasteiger partial charge in [0, 0.05) is 18.7 Å². The maximum absolute atomic E-state index is 11.9. The summed E-state index contributed by atoms with van der Waals surface area (Å²) in [5.41, 5.74) is 0.683. The van der Waals surface area contributed by atoms with Gasteiger partial charge >= 0.3 is 0 Å². The van der Waals surface area contributed by atoms with Gasteiger partial charge in [0.15, 0.2) is 9.84 Å². The second-order valence-corrected chi connectivity index (χ2v) is 7.54. The topological polar surface area (TPSA) is 72.2 Å². The Hall–Kier alpha value is -0.880. The van der Waals surface area contributed by atoms with Crippen molar-refractivity contribution in [2.45, 2.75) is 43.4 Å². The van der Waals surface area contributed by atoms with Crippen LogP contribution >= 0.6 is 0 Å². The first-order valence-corrected chi connectivity index (χ1v) is 8.23. The minimum atomic E-state index is -3.00. The number of aryl methyl sites for hydroxylation is 1. The molecule has 0 aliphatic carbocycles. The molecule has 0 spiro atoms. The average molecular weight is 270 g/mol. The molecule has 3 heterocycles. The zero-order valence-electron chi connectivity index (χ0n) is 10.2. The van der Waals surface area contributed by atoms with Crippen molar-refractivity contribution in [1.82, 2.24) is 9.55 Å². The molecule has 100 valence electrons. The molecule has 2 aliphatic heterocycles. The van der Waals surface area contributed by atoms with Crippen LogP contribution in [0.3, 0.4) is 0 Å². The highest BCUT2D eigenvalue weighted by Crippen LogP contribution is 2.36. The summed E-state index contributed by atoms with van der Waals surface area (Å²) >= 11 is 0. The van der Waals surface area contributed by atoms with Gasteiger partial charge in [-0.25, -0.2) is 13.4 Å². The summed E-state index contributed by atoms with van der Waals surface area (Å²) in [5, 5.41) is 8.92. The molecular formula is C12H18N2O3S. The number of aliphatic hydroxyl groups is 1. The molecule has 1 fully saturated rings. The second-order valence-electron chi connectivity index (χ2n) is 5.24. The fourth-order valence-corrected chi connectivity index (χ4v) is 4.91. The van der Waals surface area contributed by atoms with Gasteiger partial charge in [-0.2, -0.15) is 0 Å². The van der Waals surface area contributed by atoms with Crippen LogP contribution in [0.2, 0.25) is 0 Å². The summed E-state index contributed by atoms with van der Waals surface area (Å²) in [5.74, 6) is 1.21. The standard InChI is InChI=1S/C12H18N2O3S/c15-8-9-3-1-5-14-7-10(13-12(9)14)11-4-2-6-18(11,16)17/h7,9,11,15H,1-6,8H2. The van der Waals surface area contributed by atoms with Crippen molar-refractivity contribution in [3.8, 4) is 0 Å². The molecule has 1 aromatic rings. The van der Waals surface area contributed by atoms with Crippen LogP contribution in [0, 0.1) is 0 Å². The van der Waals surface area contributed by atoms with Crippen molar-refractivity contribution < 1.29 is 13.5 Å². The quantitative estimate of drug-likeness (QED) is 0.870. The monoisotopic (exact) mass is 270 g/mol. The van der Waals surface area contributed by atoms with Gasteiger partial charge < -0.3 is 9.67 Å². The Balaban J connectivity index is 1.98. The Morgan fingerprint density at radius 1 is 1.39 bits per heavy atom. The van der Waals surface area contributed by atoms with Gasteiger partial charge in [0.25, 0.3) is 0 Å². The fraction of sp³-hybridized carbons (Fsp3) is 0.750. The minimum Gasteiger partial charge on any atom is -0.396 e. The van der Waals surface area contributed by atoms with E-state index in [0.717, 1.165) is 31.6 Å². The average Bonchev–Trinajstić information content (AvgIpc) is 2.90. The smallest absolute Gasteiger partial charge is 0.158 e. The zero-order valence-corrected chi connectivity index (χ0v) is 11.1. The van der Waals surface area contributed by atoms with E-state index in [9.17, 15) is 13.5 Å². The molecule has 0 amide bonds. The Morgan fingerprint density at radius 3 is 2.89 bits per heavy atom. The van der Waals surface area contributed by atoms with Gasteiger partial charge in [0.05, 0.1) is 18.1 Å². The molecule has 3 rings (SSSR count). The second kappa shape index (κ2) is 4.35. The third kappa shape index (κ3) is 1.87. The highest BCUT2D eigenvalue weighted by Gasteiger charge is 2.35. The lowest BCUT2D eigenvalue weighted by atomic mass is 10.0. The van der Waals surface area contributed by atoms with Gasteiger partial charge in [0.1, 0.15) is 11.1 Å². The van der Waals surface area contributed by atoms with Crippen molar-refractivity contribution in [2.24, 2.45) is 0 Å². The van der Waals surface area contributed by atoms with Gasteiger partial charge in [-0.3, -0.25) is 0 Å². The van der Waals surface area contributed by atoms with Gasteiger partial charge in [-0.1, -0.05) is 0 Å². The predicted octanol–water partition coefficient (Wildman–Crippen LogP) is 1.00. The molecule has 0 bridgehead atoms. The van der Waals surface area contributed by atoms with Crippen molar-refractivity contribution in [2.75, 3.05) is 12.4 Å². The summed E-state index contributed by atoms with van der Waals surface area (Å²) in [4.78, 5) is 4.50. The van der Waals surface area contributed by atoms with Crippen LogP contribution in [0.25, 0.3) is 0 Å². The van der Waals surface area contributed by atoms with E-state index >= 15 is 0 Å². The lowest BCUT2D eigenvalue weighted by Crippen LogP contribution is -2.18. The molecule has 1 N–H and O–H groups in total. The Labute approximate surface area is 107 Å². The number of imidazole rings is 1. The third-order valence-corrected chi connectivity index (χ3v) is 6.22. The van der Waals surface area contributed by atoms with Gasteiger partial charge in [0.2, 0.25) is 0 Å². The number of rotatable bonds is 2. The van der Waals surface area contributed by atoms with E-state index in [2.05, 4.69) is 4.98 Å². The largest absolute Gasteiger partial charge is 0.396 e. The number of sulfone groups is 1. The Morgan fingerprint density at radius 2 is 2.22 bits per heavy atom.